The van der Waals surface area contributed by atoms with Gasteiger partial charge in [-0.05, 0) is 19.9 Å². The SMILES string of the molecule is CCOC(=O)CC1OC(=O)c2ccc(C)cc21. The fraction of sp³-hybridized carbons (Fsp3) is 0.385. The second-order valence-corrected chi connectivity index (χ2v) is 3.99. The van der Waals surface area contributed by atoms with Crippen molar-refractivity contribution in [2.75, 3.05) is 6.61 Å². The second-order valence-electron chi connectivity index (χ2n) is 3.99. The van der Waals surface area contributed by atoms with Gasteiger partial charge < -0.3 is 9.47 Å². The molecule has 1 aromatic carbocycles. The summed E-state index contributed by atoms with van der Waals surface area (Å²) in [6, 6.07) is 5.47. The summed E-state index contributed by atoms with van der Waals surface area (Å²) in [6.45, 7) is 4.02. The Hall–Kier alpha value is -1.84. The van der Waals surface area contributed by atoms with Crippen molar-refractivity contribution in [3.63, 3.8) is 0 Å². The molecule has 1 aromatic rings. The lowest BCUT2D eigenvalue weighted by Gasteiger charge is -2.09. The van der Waals surface area contributed by atoms with Gasteiger partial charge in [0.1, 0.15) is 6.10 Å². The molecule has 0 aromatic heterocycles. The second kappa shape index (κ2) is 4.57. The van der Waals surface area contributed by atoms with Crippen molar-refractivity contribution in [3.8, 4) is 0 Å². The maximum Gasteiger partial charge on any atom is 0.339 e. The Morgan fingerprint density at radius 2 is 2.24 bits per heavy atom. The number of fused-ring (bicyclic) bond motifs is 1. The lowest BCUT2D eigenvalue weighted by molar-refractivity contribution is -0.145. The summed E-state index contributed by atoms with van der Waals surface area (Å²) in [4.78, 5) is 22.9. The Balaban J connectivity index is 2.21. The van der Waals surface area contributed by atoms with E-state index in [1.807, 2.05) is 19.1 Å². The third-order valence-electron chi connectivity index (χ3n) is 2.68. The van der Waals surface area contributed by atoms with Gasteiger partial charge in [0.2, 0.25) is 0 Å². The van der Waals surface area contributed by atoms with Crippen LogP contribution in [0.2, 0.25) is 0 Å². The van der Waals surface area contributed by atoms with Crippen LogP contribution in [0.4, 0.5) is 0 Å². The molecule has 1 heterocycles. The van der Waals surface area contributed by atoms with Crippen LogP contribution in [0.25, 0.3) is 0 Å². The van der Waals surface area contributed by atoms with E-state index in [1.165, 1.54) is 0 Å². The van der Waals surface area contributed by atoms with Gasteiger partial charge in [-0.2, -0.15) is 0 Å². The zero-order chi connectivity index (χ0) is 12.4. The number of hydrogen-bond acceptors (Lipinski definition) is 4. The highest BCUT2D eigenvalue weighted by Gasteiger charge is 2.32. The molecule has 0 bridgehead atoms. The molecule has 0 N–H and O–H groups in total. The smallest absolute Gasteiger partial charge is 0.339 e. The molecule has 1 aliphatic heterocycles. The number of ether oxygens (including phenoxy) is 2. The molecule has 2 rings (SSSR count). The largest absolute Gasteiger partial charge is 0.466 e. The molecule has 0 amide bonds. The summed E-state index contributed by atoms with van der Waals surface area (Å²) in [6.07, 6.45) is -0.424. The topological polar surface area (TPSA) is 52.6 Å². The van der Waals surface area contributed by atoms with Crippen molar-refractivity contribution >= 4 is 11.9 Å². The van der Waals surface area contributed by atoms with Gasteiger partial charge in [0.15, 0.2) is 0 Å². The van der Waals surface area contributed by atoms with Crippen LogP contribution in [-0.4, -0.2) is 18.5 Å². The number of carbonyl (C=O) groups excluding carboxylic acids is 2. The molecule has 0 spiro atoms. The van der Waals surface area contributed by atoms with Crippen LogP contribution in [-0.2, 0) is 14.3 Å². The van der Waals surface area contributed by atoms with Gasteiger partial charge in [-0.15, -0.1) is 0 Å². The lowest BCUT2D eigenvalue weighted by atomic mass is 10.0. The Kier molecular flexibility index (Phi) is 3.13. The van der Waals surface area contributed by atoms with E-state index in [4.69, 9.17) is 9.47 Å². The van der Waals surface area contributed by atoms with Crippen molar-refractivity contribution in [3.05, 3.63) is 34.9 Å². The van der Waals surface area contributed by atoms with E-state index in [9.17, 15) is 9.59 Å². The monoisotopic (exact) mass is 234 g/mol. The third-order valence-corrected chi connectivity index (χ3v) is 2.68. The minimum Gasteiger partial charge on any atom is -0.466 e. The van der Waals surface area contributed by atoms with Crippen LogP contribution in [0, 0.1) is 6.92 Å². The molecule has 1 atom stereocenters. The van der Waals surface area contributed by atoms with E-state index in [0.29, 0.717) is 12.2 Å². The Morgan fingerprint density at radius 3 is 2.94 bits per heavy atom. The maximum atomic E-state index is 11.6. The fourth-order valence-electron chi connectivity index (χ4n) is 1.91. The zero-order valence-corrected chi connectivity index (χ0v) is 9.86. The van der Waals surface area contributed by atoms with E-state index >= 15 is 0 Å². The predicted molar refractivity (Wildman–Crippen MR) is 60.6 cm³/mol. The van der Waals surface area contributed by atoms with Crippen molar-refractivity contribution in [1.82, 2.24) is 0 Å². The number of esters is 2. The molecule has 0 aliphatic carbocycles. The summed E-state index contributed by atoms with van der Waals surface area (Å²) in [7, 11) is 0. The van der Waals surface area contributed by atoms with E-state index in [-0.39, 0.29) is 18.4 Å². The molecular weight excluding hydrogens is 220 g/mol. The average molecular weight is 234 g/mol. The van der Waals surface area contributed by atoms with Crippen molar-refractivity contribution in [2.24, 2.45) is 0 Å². The van der Waals surface area contributed by atoms with Gasteiger partial charge in [-0.3, -0.25) is 4.79 Å². The third kappa shape index (κ3) is 2.30. The first-order valence-corrected chi connectivity index (χ1v) is 5.59. The van der Waals surface area contributed by atoms with E-state index in [1.54, 1.807) is 13.0 Å². The highest BCUT2D eigenvalue weighted by Crippen LogP contribution is 2.33. The summed E-state index contributed by atoms with van der Waals surface area (Å²) in [5, 5.41) is 0. The van der Waals surface area contributed by atoms with Gasteiger partial charge >= 0.3 is 11.9 Å². The average Bonchev–Trinajstić information content (AvgIpc) is 2.55. The Morgan fingerprint density at radius 1 is 1.47 bits per heavy atom. The highest BCUT2D eigenvalue weighted by atomic mass is 16.6. The number of hydrogen-bond donors (Lipinski definition) is 0. The van der Waals surface area contributed by atoms with Crippen LogP contribution in [0.3, 0.4) is 0 Å². The van der Waals surface area contributed by atoms with Crippen LogP contribution in [0.1, 0.15) is 40.9 Å². The van der Waals surface area contributed by atoms with E-state index < -0.39 is 6.10 Å². The normalized spacial score (nSPS) is 17.5. The van der Waals surface area contributed by atoms with Gasteiger partial charge in [0.05, 0.1) is 18.6 Å². The van der Waals surface area contributed by atoms with Crippen LogP contribution in [0.15, 0.2) is 18.2 Å². The van der Waals surface area contributed by atoms with Gasteiger partial charge in [0.25, 0.3) is 0 Å². The molecule has 4 nitrogen and oxygen atoms in total. The molecule has 90 valence electrons. The van der Waals surface area contributed by atoms with Crippen LogP contribution < -0.4 is 0 Å². The van der Waals surface area contributed by atoms with Crippen molar-refractivity contribution in [2.45, 2.75) is 26.4 Å². The van der Waals surface area contributed by atoms with Crippen LogP contribution >= 0.6 is 0 Å². The van der Waals surface area contributed by atoms with Gasteiger partial charge in [0, 0.05) is 5.56 Å². The molecule has 0 fully saturated rings. The molecule has 0 radical (unpaired) electrons. The minimum absolute atomic E-state index is 0.0794. The summed E-state index contributed by atoms with van der Waals surface area (Å²) >= 11 is 0. The van der Waals surface area contributed by atoms with Gasteiger partial charge in [-0.25, -0.2) is 4.79 Å². The molecule has 0 saturated heterocycles. The van der Waals surface area contributed by atoms with Crippen molar-refractivity contribution < 1.29 is 19.1 Å². The van der Waals surface area contributed by atoms with Crippen LogP contribution in [0.5, 0.6) is 0 Å². The number of rotatable bonds is 3. The molecule has 4 heteroatoms. The quantitative estimate of drug-likeness (QED) is 0.752. The number of cyclic esters (lactones) is 1. The Labute approximate surface area is 99.5 Å². The van der Waals surface area contributed by atoms with E-state index in [2.05, 4.69) is 0 Å². The van der Waals surface area contributed by atoms with E-state index in [0.717, 1.165) is 11.1 Å². The molecule has 1 aliphatic rings. The number of carbonyl (C=O) groups is 2. The summed E-state index contributed by atoms with van der Waals surface area (Å²) in [5.74, 6) is -0.714. The maximum absolute atomic E-state index is 11.6. The standard InChI is InChI=1S/C13H14O4/c1-3-16-12(14)7-11-10-6-8(2)4-5-9(10)13(15)17-11/h4-6,11H,3,7H2,1-2H3. The first kappa shape index (κ1) is 11.6. The molecule has 17 heavy (non-hydrogen) atoms. The predicted octanol–water partition coefficient (Wildman–Crippen LogP) is 2.16. The number of benzene rings is 1. The minimum atomic E-state index is -0.503. The summed E-state index contributed by atoms with van der Waals surface area (Å²) < 4.78 is 10.0. The number of aryl methyl sites for hydroxylation is 1. The molecule has 1 unspecified atom stereocenters. The first-order chi connectivity index (χ1) is 8.11. The van der Waals surface area contributed by atoms with Crippen molar-refractivity contribution in [1.29, 1.82) is 0 Å². The molecular formula is C13H14O4. The fourth-order valence-corrected chi connectivity index (χ4v) is 1.91. The Bertz CT molecular complexity index is 464. The highest BCUT2D eigenvalue weighted by molar-refractivity contribution is 5.94. The first-order valence-electron chi connectivity index (χ1n) is 5.59. The zero-order valence-electron chi connectivity index (χ0n) is 9.86. The van der Waals surface area contributed by atoms with Gasteiger partial charge in [-0.1, -0.05) is 17.7 Å². The summed E-state index contributed by atoms with van der Waals surface area (Å²) in [5.41, 5.74) is 2.36. The molecule has 0 saturated carbocycles. The lowest BCUT2D eigenvalue weighted by Crippen LogP contribution is -2.10.